The van der Waals surface area contributed by atoms with Gasteiger partial charge in [0.15, 0.2) is 11.6 Å². The molecule has 0 amide bonds. The summed E-state index contributed by atoms with van der Waals surface area (Å²) in [5.74, 6) is -9.04. The highest BCUT2D eigenvalue weighted by molar-refractivity contribution is 9.11. The molecular formula is C80H71Br6ClF20O17Si. The maximum atomic E-state index is 13.2. The van der Waals surface area contributed by atoms with Gasteiger partial charge in [-0.2, -0.15) is 98.9 Å². The third-order valence-electron chi connectivity index (χ3n) is 14.4. The van der Waals surface area contributed by atoms with Gasteiger partial charge in [0.25, 0.3) is 0 Å². The maximum Gasteiger partial charge on any atom is 0.461 e. The first kappa shape index (κ1) is 113. The van der Waals surface area contributed by atoms with Crippen LogP contribution in [-0.2, 0) is 47.8 Å². The Hall–Kier alpha value is -8.56. The van der Waals surface area contributed by atoms with Crippen molar-refractivity contribution in [2.75, 3.05) is 27.4 Å². The first-order chi connectivity index (χ1) is 58.0. The topological polar surface area (TPSA) is 223 Å². The Bertz CT molecular complexity index is 4690. The molecule has 0 radical (unpaired) electrons. The van der Waals surface area contributed by atoms with Crippen molar-refractivity contribution in [2.24, 2.45) is 5.92 Å². The molecule has 8 aromatic rings. The number of halogens is 27. The van der Waals surface area contributed by atoms with Crippen LogP contribution in [0.25, 0.3) is 0 Å². The van der Waals surface area contributed by atoms with Crippen molar-refractivity contribution in [3.05, 3.63) is 247 Å². The van der Waals surface area contributed by atoms with Crippen molar-refractivity contribution in [3.8, 4) is 28.7 Å². The van der Waals surface area contributed by atoms with E-state index in [9.17, 15) is 121 Å². The number of aromatic carboxylic acids is 1. The van der Waals surface area contributed by atoms with Crippen LogP contribution < -0.4 is 23.7 Å². The predicted molar refractivity (Wildman–Crippen MR) is 440 cm³/mol. The van der Waals surface area contributed by atoms with Gasteiger partial charge in [-0.05, 0) is 165 Å². The van der Waals surface area contributed by atoms with Gasteiger partial charge in [0, 0.05) is 50.8 Å². The fourth-order valence-corrected chi connectivity index (χ4v) is 12.9. The number of carboxylic acid groups (broad SMARTS) is 1. The van der Waals surface area contributed by atoms with E-state index in [1.807, 2.05) is 43.3 Å². The van der Waals surface area contributed by atoms with E-state index >= 15 is 0 Å². The lowest BCUT2D eigenvalue weighted by Gasteiger charge is -2.19. The van der Waals surface area contributed by atoms with E-state index in [0.29, 0.717) is 40.4 Å². The highest BCUT2D eigenvalue weighted by Crippen LogP contribution is 2.37. The number of carboxylic acids is 1. The van der Waals surface area contributed by atoms with E-state index in [0.717, 1.165) is 116 Å². The van der Waals surface area contributed by atoms with E-state index in [2.05, 4.69) is 148 Å². The number of hydrogen-bond donors (Lipinski definition) is 1. The number of ether oxygens (including phenoxy) is 9. The lowest BCUT2D eigenvalue weighted by molar-refractivity contribution is -0.253. The number of Topliss-reactive ketones (excluding diaryl/α,β-unsaturated/α-hetero) is 2. The van der Waals surface area contributed by atoms with Gasteiger partial charge in [-0.15, -0.1) is 0 Å². The first-order valence-corrected chi connectivity index (χ1v) is 44.3. The SMILES string of the molecule is CCOC(=O)C(Cc1c(Br)cccc1Br)C(=O)c1cccc(OC(F)(F)C(F)F)c1.CCOC(=O)CCc1c(Br)cccc1Br.COC(=O)c1cccc(OC(F)(F)C(F)F)c1.COC(=O)c1cccc(OC(F)(F)C(F)F)c1.C[Si](C)(C)Cl.O=C(CCc1c(Br)cccc1Br)c1cccc(OC(F)(F)C(F)F)c1.O=C(O)c1cccc(OC(F)(F)C(F)F)c1. The molecule has 125 heavy (non-hydrogen) atoms. The van der Waals surface area contributed by atoms with Crippen LogP contribution in [0.3, 0.4) is 0 Å². The van der Waals surface area contributed by atoms with E-state index in [1.165, 1.54) is 48.5 Å². The number of methoxy groups -OCH3 is 2. The second kappa shape index (κ2) is 53.3. The predicted octanol–water partition coefficient (Wildman–Crippen LogP) is 26.1. The van der Waals surface area contributed by atoms with Crippen LogP contribution in [0.5, 0.6) is 28.7 Å². The molecule has 17 nitrogen and oxygen atoms in total. The first-order valence-electron chi connectivity index (χ1n) is 35.0. The van der Waals surface area contributed by atoms with Crippen molar-refractivity contribution in [1.29, 1.82) is 0 Å². The van der Waals surface area contributed by atoms with Crippen molar-refractivity contribution in [2.45, 2.75) is 128 Å². The summed E-state index contributed by atoms with van der Waals surface area (Å²) in [7, 11) is 1.06. The fraction of sp³-hybridized carbons (Fsp3) is 0.312. The number of alkyl halides is 20. The number of hydrogen-bond acceptors (Lipinski definition) is 16. The van der Waals surface area contributed by atoms with Crippen LogP contribution >= 0.6 is 107 Å². The molecule has 686 valence electrons. The molecule has 0 saturated heterocycles. The van der Waals surface area contributed by atoms with Gasteiger partial charge in [0.1, 0.15) is 42.0 Å². The molecular weight excluding hydrogens is 2160 g/mol. The summed E-state index contributed by atoms with van der Waals surface area (Å²) < 4.78 is 290. The highest BCUT2D eigenvalue weighted by atomic mass is 79.9. The van der Waals surface area contributed by atoms with Crippen LogP contribution in [0.1, 0.15) is 95.2 Å². The molecule has 0 spiro atoms. The normalized spacial score (nSPS) is 11.6. The number of rotatable bonds is 32. The lowest BCUT2D eigenvalue weighted by Crippen LogP contribution is -2.33. The third-order valence-corrected chi connectivity index (χ3v) is 18.8. The Morgan fingerprint density at radius 1 is 0.376 bits per heavy atom. The molecule has 8 rings (SSSR count). The Morgan fingerprint density at radius 3 is 0.912 bits per heavy atom. The van der Waals surface area contributed by atoms with E-state index in [-0.39, 0.29) is 59.0 Å². The van der Waals surface area contributed by atoms with Crippen LogP contribution in [0.15, 0.2) is 203 Å². The largest absolute Gasteiger partial charge is 0.478 e. The summed E-state index contributed by atoms with van der Waals surface area (Å²) in [5, 5.41) is 8.53. The standard InChI is InChI=1S/C20H16Br2F4O4.C17H12Br2F4O2.C11H12Br2O2.2C10H8F4O3.C9H6F4O3.C3H9ClSi/c1-2-29-18(28)14(10-13-15(21)7-4-8-16(13)22)17(27)11-5-3-6-12(9-11)30-20(25,26)19(23)24;18-13-5-2-6-14(19)12(13)7-8-15(24)10-3-1-4-11(9-10)25-17(22,23)16(20)21;1-2-15-11(14)7-6-8-9(12)4-3-5-10(8)13;2*1-16-8(15)6-3-2-4-7(5-6)17-10(13,14)9(11)12;10-8(11)9(12,13)16-6-3-1-2-5(4-6)7(14)15;1-5(2,3)4/h3-9,14,19H,2,10H2,1H3;1-6,9,16H,7-8H2;3-5H,2,6-7H2,1H3;2*2-5,9H,1H3;1-4,8H,(H,14,15);1-3H3. The zero-order valence-corrected chi connectivity index (χ0v) is 76.6. The molecule has 1 atom stereocenters. The fourth-order valence-electron chi connectivity index (χ4n) is 8.80. The maximum absolute atomic E-state index is 13.2. The van der Waals surface area contributed by atoms with Crippen molar-refractivity contribution in [3.63, 3.8) is 0 Å². The third kappa shape index (κ3) is 41.0. The van der Waals surface area contributed by atoms with E-state index < -0.39 is 134 Å². The summed E-state index contributed by atoms with van der Waals surface area (Å²) >= 11 is 26.1. The molecule has 0 bridgehead atoms. The molecule has 1 unspecified atom stereocenters. The summed E-state index contributed by atoms with van der Waals surface area (Å²) in [5.41, 5.74) is 2.11. The molecule has 0 aliphatic carbocycles. The summed E-state index contributed by atoms with van der Waals surface area (Å²) in [6.07, 6.45) is -41.5. The number of ketones is 2. The molecule has 1 N–H and O–H groups in total. The lowest BCUT2D eigenvalue weighted by atomic mass is 9.91. The molecule has 0 aliphatic rings. The van der Waals surface area contributed by atoms with E-state index in [4.69, 9.17) is 25.7 Å². The van der Waals surface area contributed by atoms with Gasteiger partial charge in [0.2, 0.25) is 0 Å². The van der Waals surface area contributed by atoms with Gasteiger partial charge < -0.3 is 47.7 Å². The second-order valence-corrected chi connectivity index (χ2v) is 37.7. The monoisotopic (exact) mass is 2220 g/mol. The zero-order chi connectivity index (χ0) is 95.3. The van der Waals surface area contributed by atoms with E-state index in [1.54, 1.807) is 25.1 Å². The van der Waals surface area contributed by atoms with Crippen LogP contribution in [0.2, 0.25) is 19.6 Å². The van der Waals surface area contributed by atoms with Gasteiger partial charge >= 0.3 is 92.5 Å². The molecule has 8 aromatic carbocycles. The van der Waals surface area contributed by atoms with Gasteiger partial charge in [-0.3, -0.25) is 19.2 Å². The zero-order valence-electron chi connectivity index (χ0n) is 65.3. The molecule has 0 heterocycles. The molecule has 45 heteroatoms. The molecule has 0 aliphatic heterocycles. The van der Waals surface area contributed by atoms with Crippen molar-refractivity contribution in [1.82, 2.24) is 0 Å². The van der Waals surface area contributed by atoms with Gasteiger partial charge in [-0.25, -0.2) is 14.4 Å². The minimum Gasteiger partial charge on any atom is -0.478 e. The van der Waals surface area contributed by atoms with Crippen molar-refractivity contribution >= 4 is 155 Å². The molecule has 0 aromatic heterocycles. The number of carbonyl (C=O) groups excluding carboxylic acids is 6. The Morgan fingerprint density at radius 2 is 0.624 bits per heavy atom. The average Bonchev–Trinajstić information content (AvgIpc) is 0.813. The second-order valence-electron chi connectivity index (χ2n) is 25.0. The number of carbonyl (C=O) groups is 7. The Labute approximate surface area is 756 Å². The molecule has 0 fully saturated rings. The Balaban J connectivity index is 0.000000511. The minimum atomic E-state index is -4.72. The number of esters is 4. The molecule has 0 saturated carbocycles. The summed E-state index contributed by atoms with van der Waals surface area (Å²) in [4.78, 5) is 81.5. The summed E-state index contributed by atoms with van der Waals surface area (Å²) in [6, 6.07) is 38.6. The van der Waals surface area contributed by atoms with Gasteiger partial charge in [0.05, 0.1) is 44.1 Å². The summed E-state index contributed by atoms with van der Waals surface area (Å²) in [6.45, 7) is 10.1. The number of benzene rings is 8. The Kier molecular flexibility index (Phi) is 48.0. The van der Waals surface area contributed by atoms with Crippen LogP contribution in [0.4, 0.5) is 87.8 Å². The van der Waals surface area contributed by atoms with Crippen molar-refractivity contribution < 1.29 is 169 Å². The highest BCUT2D eigenvalue weighted by Gasteiger charge is 2.48. The van der Waals surface area contributed by atoms with Crippen LogP contribution in [-0.4, -0.2) is 144 Å². The quantitative estimate of drug-likeness (QED) is 0.00787. The smallest absolute Gasteiger partial charge is 0.461 e. The minimum absolute atomic E-state index is 0.0313. The van der Waals surface area contributed by atoms with Crippen LogP contribution in [0, 0.1) is 5.92 Å². The van der Waals surface area contributed by atoms with Gasteiger partial charge in [-0.1, -0.05) is 176 Å². The average molecular weight is 2230 g/mol.